The summed E-state index contributed by atoms with van der Waals surface area (Å²) in [6.45, 7) is 0. The summed E-state index contributed by atoms with van der Waals surface area (Å²) in [4.78, 5) is 10.6. The number of ketones is 1. The Labute approximate surface area is 94.0 Å². The third-order valence-corrected chi connectivity index (χ3v) is 1.85. The quantitative estimate of drug-likeness (QED) is 0.565. The molecule has 0 saturated carbocycles. The molecule has 0 unspecified atom stereocenters. The number of hydrogen-bond acceptors (Lipinski definition) is 1. The minimum absolute atomic E-state index is 0.373. The summed E-state index contributed by atoms with van der Waals surface area (Å²) in [6, 6.07) is -0.746. The van der Waals surface area contributed by atoms with Gasteiger partial charge in [-0.15, -0.1) is 0 Å². The number of carbonyl (C=O) groups excluding carboxylic acids is 1. The van der Waals surface area contributed by atoms with E-state index in [0.717, 1.165) is 0 Å². The van der Waals surface area contributed by atoms with Crippen molar-refractivity contribution >= 4 is 5.78 Å². The van der Waals surface area contributed by atoms with Gasteiger partial charge >= 0.3 is 12.4 Å². The molecule has 1 rings (SSSR count). The molecule has 0 heterocycles. The van der Waals surface area contributed by atoms with Crippen LogP contribution in [-0.4, -0.2) is 12.0 Å². The van der Waals surface area contributed by atoms with Crippen molar-refractivity contribution in [3.63, 3.8) is 0 Å². The topological polar surface area (TPSA) is 17.1 Å². The van der Waals surface area contributed by atoms with Crippen LogP contribution in [0.5, 0.6) is 0 Å². The summed E-state index contributed by atoms with van der Waals surface area (Å²) in [5.41, 5.74) is -3.88. The molecule has 0 radical (unpaired) electrons. The van der Waals surface area contributed by atoms with Crippen LogP contribution >= 0.6 is 0 Å². The summed E-state index contributed by atoms with van der Waals surface area (Å²) in [5, 5.41) is 0. The van der Waals surface area contributed by atoms with E-state index >= 15 is 0 Å². The van der Waals surface area contributed by atoms with Gasteiger partial charge < -0.3 is 0 Å². The summed E-state index contributed by atoms with van der Waals surface area (Å²) >= 11 is 0. The number of Topliss-reactive ketones (excluding diaryl/α,β-unsaturated/α-hetero) is 1. The van der Waals surface area contributed by atoms with E-state index in [4.69, 9.17) is 0 Å². The van der Waals surface area contributed by atoms with Crippen LogP contribution in [0.25, 0.3) is 0 Å². The highest BCUT2D eigenvalue weighted by Gasteiger charge is 2.43. The molecule has 1 aromatic rings. The molecule has 0 aliphatic rings. The van der Waals surface area contributed by atoms with Crippen molar-refractivity contribution in [3.8, 4) is 0 Å². The lowest BCUT2D eigenvalue weighted by molar-refractivity contribution is -0.138. The number of benzene rings is 1. The van der Waals surface area contributed by atoms with Crippen molar-refractivity contribution in [3.05, 3.63) is 34.9 Å². The Morgan fingerprint density at radius 1 is 0.889 bits per heavy atom. The second kappa shape index (κ2) is 4.21. The van der Waals surface area contributed by atoms with Crippen LogP contribution in [0.4, 0.5) is 35.1 Å². The first kappa shape index (κ1) is 14.4. The molecule has 0 N–H and O–H groups in total. The van der Waals surface area contributed by atoms with E-state index in [1.165, 1.54) is 0 Å². The SMILES string of the molecule is O=C(c1c(F)cc(C(F)(F)F)cc1F)C(F)(F)F. The minimum Gasteiger partial charge on any atom is -0.284 e. The van der Waals surface area contributed by atoms with Crippen molar-refractivity contribution in [1.29, 1.82) is 0 Å². The molecule has 0 atom stereocenters. The van der Waals surface area contributed by atoms with E-state index in [-0.39, 0.29) is 12.1 Å². The number of rotatable bonds is 1. The smallest absolute Gasteiger partial charge is 0.284 e. The maximum absolute atomic E-state index is 13.0. The molecule has 0 aromatic heterocycles. The van der Waals surface area contributed by atoms with Crippen LogP contribution in [0.15, 0.2) is 12.1 Å². The fraction of sp³-hybridized carbons (Fsp3) is 0.222. The maximum Gasteiger partial charge on any atom is 0.455 e. The molecule has 0 fully saturated rings. The average Bonchev–Trinajstić information content (AvgIpc) is 2.13. The average molecular weight is 278 g/mol. The standard InChI is InChI=1S/C9H2F8O/c10-4-1-3(8(12,13)14)2-5(11)6(4)7(18)9(15,16)17/h1-2H. The molecule has 1 aromatic carbocycles. The fourth-order valence-electron chi connectivity index (χ4n) is 1.10. The molecule has 9 heteroatoms. The lowest BCUT2D eigenvalue weighted by Gasteiger charge is -2.11. The molecule has 18 heavy (non-hydrogen) atoms. The predicted molar refractivity (Wildman–Crippen MR) is 41.7 cm³/mol. The Balaban J connectivity index is 3.39. The fourth-order valence-corrected chi connectivity index (χ4v) is 1.10. The Kier molecular flexibility index (Phi) is 3.37. The highest BCUT2D eigenvalue weighted by Crippen LogP contribution is 2.33. The first-order valence-electron chi connectivity index (χ1n) is 4.12. The van der Waals surface area contributed by atoms with E-state index in [9.17, 15) is 39.9 Å². The first-order valence-corrected chi connectivity index (χ1v) is 4.12. The van der Waals surface area contributed by atoms with E-state index < -0.39 is 40.9 Å². The van der Waals surface area contributed by atoms with Gasteiger partial charge in [0, 0.05) is 0 Å². The van der Waals surface area contributed by atoms with Crippen LogP contribution in [0, 0.1) is 11.6 Å². The zero-order valence-electron chi connectivity index (χ0n) is 8.09. The summed E-state index contributed by atoms with van der Waals surface area (Å²) in [7, 11) is 0. The van der Waals surface area contributed by atoms with Gasteiger partial charge in [0.15, 0.2) is 0 Å². The van der Waals surface area contributed by atoms with Gasteiger partial charge in [0.25, 0.3) is 5.78 Å². The van der Waals surface area contributed by atoms with Gasteiger partial charge in [-0.1, -0.05) is 0 Å². The molecule has 0 saturated heterocycles. The van der Waals surface area contributed by atoms with Crippen molar-refractivity contribution in [2.75, 3.05) is 0 Å². The Hall–Kier alpha value is -1.67. The van der Waals surface area contributed by atoms with Crippen molar-refractivity contribution in [2.24, 2.45) is 0 Å². The van der Waals surface area contributed by atoms with Crippen LogP contribution in [0.1, 0.15) is 15.9 Å². The van der Waals surface area contributed by atoms with Gasteiger partial charge in [-0.05, 0) is 12.1 Å². The second-order valence-corrected chi connectivity index (χ2v) is 3.14. The van der Waals surface area contributed by atoms with E-state index in [1.807, 2.05) is 0 Å². The van der Waals surface area contributed by atoms with Crippen molar-refractivity contribution in [2.45, 2.75) is 12.4 Å². The molecule has 1 nitrogen and oxygen atoms in total. The highest BCUT2D eigenvalue weighted by atomic mass is 19.4. The molecule has 0 amide bonds. The Morgan fingerprint density at radius 2 is 1.28 bits per heavy atom. The number of carbonyl (C=O) groups is 1. The highest BCUT2D eigenvalue weighted by molar-refractivity contribution is 6.00. The first-order chi connectivity index (χ1) is 7.94. The van der Waals surface area contributed by atoms with Crippen molar-refractivity contribution < 1.29 is 39.9 Å². The summed E-state index contributed by atoms with van der Waals surface area (Å²) < 4.78 is 97.9. The monoisotopic (exact) mass is 278 g/mol. The van der Waals surface area contributed by atoms with E-state index in [1.54, 1.807) is 0 Å². The van der Waals surface area contributed by atoms with Gasteiger partial charge in [0.05, 0.1) is 11.1 Å². The maximum atomic E-state index is 13.0. The van der Waals surface area contributed by atoms with Crippen LogP contribution in [0.3, 0.4) is 0 Å². The van der Waals surface area contributed by atoms with Crippen LogP contribution in [-0.2, 0) is 6.18 Å². The molecule has 0 bridgehead atoms. The molecule has 0 aliphatic heterocycles. The number of hydrogen-bond donors (Lipinski definition) is 0. The summed E-state index contributed by atoms with van der Waals surface area (Å²) in [6.07, 6.45) is -10.7. The van der Waals surface area contributed by atoms with E-state index in [0.29, 0.717) is 0 Å². The molecular formula is C9H2F8O. The lowest BCUT2D eigenvalue weighted by atomic mass is 10.1. The Bertz CT molecular complexity index is 461. The van der Waals surface area contributed by atoms with Crippen LogP contribution < -0.4 is 0 Å². The zero-order chi connectivity index (χ0) is 14.3. The third-order valence-electron chi connectivity index (χ3n) is 1.85. The molecule has 100 valence electrons. The predicted octanol–water partition coefficient (Wildman–Crippen LogP) is 3.73. The number of halogens is 8. The van der Waals surface area contributed by atoms with Gasteiger partial charge in [-0.25, -0.2) is 8.78 Å². The lowest BCUT2D eigenvalue weighted by Crippen LogP contribution is -2.25. The minimum atomic E-state index is -5.58. The van der Waals surface area contributed by atoms with Crippen molar-refractivity contribution in [1.82, 2.24) is 0 Å². The Morgan fingerprint density at radius 3 is 1.56 bits per heavy atom. The second-order valence-electron chi connectivity index (χ2n) is 3.14. The normalized spacial score (nSPS) is 12.7. The third kappa shape index (κ3) is 2.77. The largest absolute Gasteiger partial charge is 0.455 e. The van der Waals surface area contributed by atoms with E-state index in [2.05, 4.69) is 0 Å². The van der Waals surface area contributed by atoms with Gasteiger partial charge in [0.2, 0.25) is 0 Å². The van der Waals surface area contributed by atoms with Gasteiger partial charge in [0.1, 0.15) is 11.6 Å². The van der Waals surface area contributed by atoms with Gasteiger partial charge in [-0.3, -0.25) is 4.79 Å². The molecular weight excluding hydrogens is 276 g/mol. The van der Waals surface area contributed by atoms with Crippen LogP contribution in [0.2, 0.25) is 0 Å². The van der Waals surface area contributed by atoms with Gasteiger partial charge in [-0.2, -0.15) is 26.3 Å². The molecule has 0 spiro atoms. The zero-order valence-corrected chi connectivity index (χ0v) is 8.09. The molecule has 0 aliphatic carbocycles. The number of alkyl halides is 6. The summed E-state index contributed by atoms with van der Waals surface area (Å²) in [5.74, 6) is -7.32.